The molecule has 0 spiro atoms. The summed E-state index contributed by atoms with van der Waals surface area (Å²) in [5, 5.41) is 0.289. The van der Waals surface area contributed by atoms with Gasteiger partial charge in [-0.25, -0.2) is 8.42 Å². The molecule has 0 aliphatic carbocycles. The molecule has 0 amide bonds. The van der Waals surface area contributed by atoms with Crippen molar-refractivity contribution >= 4 is 47.0 Å². The van der Waals surface area contributed by atoms with Crippen LogP contribution in [0, 0.1) is 0 Å². The van der Waals surface area contributed by atoms with E-state index in [2.05, 4.69) is 15.9 Å². The summed E-state index contributed by atoms with van der Waals surface area (Å²) in [6.07, 6.45) is 0. The zero-order valence-corrected chi connectivity index (χ0v) is 9.85. The third-order valence-electron chi connectivity index (χ3n) is 1.08. The smallest absolute Gasteiger partial charge is 0.265 e. The maximum absolute atomic E-state index is 10.9. The minimum absolute atomic E-state index is 0.00328. The molecule has 1 aromatic rings. The molecule has 0 radical (unpaired) electrons. The first-order valence-electron chi connectivity index (χ1n) is 2.73. The number of thiophene rings is 1. The highest BCUT2D eigenvalue weighted by Crippen LogP contribution is 2.38. The van der Waals surface area contributed by atoms with Gasteiger partial charge in [0.15, 0.2) is 5.06 Å². The lowest BCUT2D eigenvalue weighted by Crippen LogP contribution is -1.90. The number of halogens is 2. The Labute approximate surface area is 86.9 Å². The third kappa shape index (κ3) is 2.12. The van der Waals surface area contributed by atoms with Crippen molar-refractivity contribution in [2.45, 2.75) is 4.90 Å². The molecule has 12 heavy (non-hydrogen) atoms. The molecule has 1 aromatic heterocycles. The Balaban J connectivity index is 3.33. The first-order valence-corrected chi connectivity index (χ1v) is 6.65. The Morgan fingerprint density at radius 2 is 2.25 bits per heavy atom. The van der Waals surface area contributed by atoms with Crippen molar-refractivity contribution in [2.24, 2.45) is 0 Å². The number of ether oxygens (including phenoxy) is 1. The van der Waals surface area contributed by atoms with E-state index in [-0.39, 0.29) is 9.96 Å². The molecule has 0 atom stereocenters. The van der Waals surface area contributed by atoms with Crippen molar-refractivity contribution in [1.82, 2.24) is 0 Å². The molecular weight excluding hydrogens is 288 g/mol. The zero-order valence-electron chi connectivity index (χ0n) is 5.87. The number of hydrogen-bond donors (Lipinski definition) is 0. The molecule has 0 saturated heterocycles. The Bertz CT molecular complexity index is 383. The van der Waals surface area contributed by atoms with Gasteiger partial charge in [0.1, 0.15) is 4.90 Å². The molecule has 0 bridgehead atoms. The highest BCUT2D eigenvalue weighted by atomic mass is 79.9. The number of hydrogen-bond acceptors (Lipinski definition) is 4. The molecular formula is C5H4BrClO3S2. The summed E-state index contributed by atoms with van der Waals surface area (Å²) < 4.78 is 27.3. The Hall–Kier alpha value is 0.220. The fourth-order valence-corrected chi connectivity index (χ4v) is 3.61. The van der Waals surface area contributed by atoms with Gasteiger partial charge in [-0.3, -0.25) is 0 Å². The highest BCUT2D eigenvalue weighted by Gasteiger charge is 2.19. The van der Waals surface area contributed by atoms with Gasteiger partial charge in [-0.1, -0.05) is 11.3 Å². The van der Waals surface area contributed by atoms with E-state index in [1.54, 1.807) is 0 Å². The fraction of sp³-hybridized carbons (Fsp3) is 0.200. The van der Waals surface area contributed by atoms with Crippen molar-refractivity contribution in [3.63, 3.8) is 0 Å². The van der Waals surface area contributed by atoms with Gasteiger partial charge in [-0.15, -0.1) is 0 Å². The molecule has 7 heteroatoms. The molecule has 68 valence electrons. The van der Waals surface area contributed by atoms with Crippen LogP contribution in [0.15, 0.2) is 14.7 Å². The van der Waals surface area contributed by atoms with E-state index in [1.807, 2.05) is 0 Å². The van der Waals surface area contributed by atoms with Gasteiger partial charge in [0.05, 0.1) is 10.9 Å². The normalized spacial score (nSPS) is 11.6. The maximum Gasteiger partial charge on any atom is 0.265 e. The Morgan fingerprint density at radius 1 is 1.67 bits per heavy atom. The quantitative estimate of drug-likeness (QED) is 0.786. The van der Waals surface area contributed by atoms with Gasteiger partial charge < -0.3 is 4.74 Å². The molecule has 0 unspecified atom stereocenters. The van der Waals surface area contributed by atoms with Gasteiger partial charge in [0, 0.05) is 10.7 Å². The molecule has 1 heterocycles. The van der Waals surface area contributed by atoms with Crippen molar-refractivity contribution in [3.05, 3.63) is 9.85 Å². The summed E-state index contributed by atoms with van der Waals surface area (Å²) in [7, 11) is 2.83. The first kappa shape index (κ1) is 10.3. The van der Waals surface area contributed by atoms with Gasteiger partial charge in [0.25, 0.3) is 9.05 Å². The molecule has 0 fully saturated rings. The second kappa shape index (κ2) is 3.53. The topological polar surface area (TPSA) is 43.4 Å². The lowest BCUT2D eigenvalue weighted by atomic mass is 10.6. The zero-order chi connectivity index (χ0) is 9.35. The number of methoxy groups -OCH3 is 1. The van der Waals surface area contributed by atoms with Crippen LogP contribution >= 0.6 is 37.9 Å². The lowest BCUT2D eigenvalue weighted by molar-refractivity contribution is 0.416. The van der Waals surface area contributed by atoms with Gasteiger partial charge in [0.2, 0.25) is 0 Å². The predicted octanol–water partition coefficient (Wildman–Crippen LogP) is 2.45. The second-order valence-electron chi connectivity index (χ2n) is 1.84. The van der Waals surface area contributed by atoms with E-state index >= 15 is 0 Å². The molecule has 0 N–H and O–H groups in total. The van der Waals surface area contributed by atoms with E-state index in [4.69, 9.17) is 15.4 Å². The van der Waals surface area contributed by atoms with Crippen LogP contribution in [0.2, 0.25) is 0 Å². The van der Waals surface area contributed by atoms with Crippen LogP contribution in [-0.4, -0.2) is 15.5 Å². The first-order chi connectivity index (χ1) is 5.45. The van der Waals surface area contributed by atoms with E-state index in [1.165, 1.54) is 24.5 Å². The molecule has 0 aliphatic heterocycles. The summed E-state index contributed by atoms with van der Waals surface area (Å²) in [4.78, 5) is 0.00328. The summed E-state index contributed by atoms with van der Waals surface area (Å²) in [5.74, 6) is 0. The SMILES string of the molecule is COc1sc(Br)cc1S(=O)(=O)Cl. The third-order valence-corrected chi connectivity index (χ3v) is 4.14. The molecule has 1 rings (SSSR count). The van der Waals surface area contributed by atoms with Crippen LogP contribution in [-0.2, 0) is 9.05 Å². The van der Waals surface area contributed by atoms with E-state index in [0.717, 1.165) is 0 Å². The summed E-state index contributed by atoms with van der Waals surface area (Å²) in [6.45, 7) is 0. The highest BCUT2D eigenvalue weighted by molar-refractivity contribution is 9.11. The van der Waals surface area contributed by atoms with Crippen molar-refractivity contribution in [1.29, 1.82) is 0 Å². The summed E-state index contributed by atoms with van der Waals surface area (Å²) in [5.41, 5.74) is 0. The van der Waals surface area contributed by atoms with Crippen LogP contribution in [0.5, 0.6) is 5.06 Å². The van der Waals surface area contributed by atoms with Gasteiger partial charge in [-0.2, -0.15) is 0 Å². The van der Waals surface area contributed by atoms with Crippen molar-refractivity contribution in [2.75, 3.05) is 7.11 Å². The Morgan fingerprint density at radius 3 is 2.58 bits per heavy atom. The molecule has 0 aliphatic rings. The maximum atomic E-state index is 10.9. The average Bonchev–Trinajstić information content (AvgIpc) is 2.29. The average molecular weight is 292 g/mol. The second-order valence-corrected chi connectivity index (χ2v) is 6.77. The number of rotatable bonds is 2. The van der Waals surface area contributed by atoms with Crippen molar-refractivity contribution in [3.8, 4) is 5.06 Å². The molecule has 3 nitrogen and oxygen atoms in total. The van der Waals surface area contributed by atoms with Crippen molar-refractivity contribution < 1.29 is 13.2 Å². The summed E-state index contributed by atoms with van der Waals surface area (Å²) in [6, 6.07) is 1.41. The lowest BCUT2D eigenvalue weighted by Gasteiger charge is -1.95. The molecule has 0 saturated carbocycles. The van der Waals surface area contributed by atoms with Crippen LogP contribution in [0.4, 0.5) is 0 Å². The summed E-state index contributed by atoms with van der Waals surface area (Å²) >= 11 is 4.30. The van der Waals surface area contributed by atoms with E-state index in [0.29, 0.717) is 3.79 Å². The Kier molecular flexibility index (Phi) is 3.03. The minimum Gasteiger partial charge on any atom is -0.486 e. The standard InChI is InChI=1S/C5H4BrClO3S2/c1-10-5-3(12(7,8)9)2-4(6)11-5/h2H,1H3. The molecule has 0 aromatic carbocycles. The predicted molar refractivity (Wildman–Crippen MR) is 51.6 cm³/mol. The van der Waals surface area contributed by atoms with Crippen LogP contribution in [0.3, 0.4) is 0 Å². The van der Waals surface area contributed by atoms with Gasteiger partial charge >= 0.3 is 0 Å². The fourth-order valence-electron chi connectivity index (χ4n) is 0.642. The minimum atomic E-state index is -3.70. The monoisotopic (exact) mass is 290 g/mol. The van der Waals surface area contributed by atoms with Crippen LogP contribution in [0.1, 0.15) is 0 Å². The largest absolute Gasteiger partial charge is 0.486 e. The van der Waals surface area contributed by atoms with Gasteiger partial charge in [-0.05, 0) is 22.0 Å². The van der Waals surface area contributed by atoms with E-state index in [9.17, 15) is 8.42 Å². The van der Waals surface area contributed by atoms with Crippen LogP contribution < -0.4 is 4.74 Å². The van der Waals surface area contributed by atoms with Crippen LogP contribution in [0.25, 0.3) is 0 Å². The van der Waals surface area contributed by atoms with E-state index < -0.39 is 9.05 Å².